The molecule has 2 aromatic rings. The Morgan fingerprint density at radius 1 is 1.25 bits per heavy atom. The Kier molecular flexibility index (Phi) is 3.15. The maximum Gasteiger partial charge on any atom is 0.159 e. The third-order valence-corrected chi connectivity index (χ3v) is 2.58. The second-order valence-corrected chi connectivity index (χ2v) is 3.78. The Hall–Kier alpha value is -1.48. The van der Waals surface area contributed by atoms with Crippen molar-refractivity contribution in [1.82, 2.24) is 9.97 Å². The van der Waals surface area contributed by atoms with Crippen molar-refractivity contribution < 1.29 is 4.39 Å². The SMILES string of the molecule is Cc1cc(-c2ncc(CCl)cn2)ccc1F. The molecule has 0 bridgehead atoms. The first kappa shape index (κ1) is 11.0. The third-order valence-electron chi connectivity index (χ3n) is 2.28. The fourth-order valence-corrected chi connectivity index (χ4v) is 1.49. The van der Waals surface area contributed by atoms with Gasteiger partial charge in [-0.25, -0.2) is 14.4 Å². The van der Waals surface area contributed by atoms with Gasteiger partial charge < -0.3 is 0 Å². The molecule has 0 aliphatic rings. The third kappa shape index (κ3) is 2.19. The van der Waals surface area contributed by atoms with E-state index in [2.05, 4.69) is 9.97 Å². The standard InChI is InChI=1S/C12H10ClFN2/c1-8-4-10(2-3-11(8)14)12-15-6-9(5-13)7-16-12/h2-4,6-7H,5H2,1H3. The van der Waals surface area contributed by atoms with E-state index >= 15 is 0 Å². The van der Waals surface area contributed by atoms with E-state index in [-0.39, 0.29) is 5.82 Å². The molecule has 0 unspecified atom stereocenters. The van der Waals surface area contributed by atoms with Gasteiger partial charge in [-0.15, -0.1) is 11.6 Å². The number of halogens is 2. The first-order chi connectivity index (χ1) is 7.70. The number of alkyl halides is 1. The van der Waals surface area contributed by atoms with Crippen LogP contribution < -0.4 is 0 Å². The van der Waals surface area contributed by atoms with Crippen LogP contribution in [0.5, 0.6) is 0 Å². The lowest BCUT2D eigenvalue weighted by molar-refractivity contribution is 0.618. The molecule has 0 atom stereocenters. The van der Waals surface area contributed by atoms with Crippen LogP contribution in [0.2, 0.25) is 0 Å². The van der Waals surface area contributed by atoms with E-state index in [4.69, 9.17) is 11.6 Å². The highest BCUT2D eigenvalue weighted by atomic mass is 35.5. The van der Waals surface area contributed by atoms with Crippen LogP contribution in [0.15, 0.2) is 30.6 Å². The second kappa shape index (κ2) is 4.58. The summed E-state index contributed by atoms with van der Waals surface area (Å²) >= 11 is 5.64. The summed E-state index contributed by atoms with van der Waals surface area (Å²) in [6.07, 6.45) is 3.35. The van der Waals surface area contributed by atoms with E-state index in [0.29, 0.717) is 17.3 Å². The van der Waals surface area contributed by atoms with E-state index in [9.17, 15) is 4.39 Å². The molecule has 16 heavy (non-hydrogen) atoms. The lowest BCUT2D eigenvalue weighted by Gasteiger charge is -2.02. The van der Waals surface area contributed by atoms with Gasteiger partial charge in [0, 0.05) is 23.5 Å². The molecular weight excluding hydrogens is 227 g/mol. The molecule has 4 heteroatoms. The second-order valence-electron chi connectivity index (χ2n) is 3.51. The fourth-order valence-electron chi connectivity index (χ4n) is 1.36. The molecule has 0 aliphatic carbocycles. The molecule has 0 fully saturated rings. The molecule has 1 heterocycles. The molecule has 1 aromatic heterocycles. The van der Waals surface area contributed by atoms with Gasteiger partial charge in [0.2, 0.25) is 0 Å². The molecule has 1 aromatic carbocycles. The Balaban J connectivity index is 2.38. The lowest BCUT2D eigenvalue weighted by Crippen LogP contribution is -1.92. The summed E-state index contributed by atoms with van der Waals surface area (Å²) in [7, 11) is 0. The molecule has 0 N–H and O–H groups in total. The van der Waals surface area contributed by atoms with Crippen molar-refractivity contribution in [3.05, 3.63) is 47.5 Å². The van der Waals surface area contributed by atoms with Gasteiger partial charge in [0.05, 0.1) is 5.88 Å². The maximum atomic E-state index is 13.1. The quantitative estimate of drug-likeness (QED) is 0.748. The van der Waals surface area contributed by atoms with Crippen molar-refractivity contribution in [2.45, 2.75) is 12.8 Å². The Labute approximate surface area is 98.1 Å². The number of aromatic nitrogens is 2. The summed E-state index contributed by atoms with van der Waals surface area (Å²) in [5.41, 5.74) is 2.26. The zero-order valence-corrected chi connectivity index (χ0v) is 9.50. The van der Waals surface area contributed by atoms with Crippen molar-refractivity contribution >= 4 is 11.6 Å². The van der Waals surface area contributed by atoms with Gasteiger partial charge in [0.25, 0.3) is 0 Å². The molecule has 0 saturated heterocycles. The molecule has 0 radical (unpaired) electrons. The normalized spacial score (nSPS) is 10.4. The largest absolute Gasteiger partial charge is 0.236 e. The van der Waals surface area contributed by atoms with Gasteiger partial charge in [-0.1, -0.05) is 0 Å². The zero-order chi connectivity index (χ0) is 11.5. The van der Waals surface area contributed by atoms with Crippen LogP contribution >= 0.6 is 11.6 Å². The average Bonchev–Trinajstić information content (AvgIpc) is 2.33. The Morgan fingerprint density at radius 3 is 2.50 bits per heavy atom. The summed E-state index contributed by atoms with van der Waals surface area (Å²) < 4.78 is 13.1. The highest BCUT2D eigenvalue weighted by Gasteiger charge is 2.04. The van der Waals surface area contributed by atoms with E-state index < -0.39 is 0 Å². The molecule has 2 nitrogen and oxygen atoms in total. The van der Waals surface area contributed by atoms with Gasteiger partial charge in [0.15, 0.2) is 5.82 Å². The van der Waals surface area contributed by atoms with Crippen molar-refractivity contribution in [3.8, 4) is 11.4 Å². The van der Waals surface area contributed by atoms with Gasteiger partial charge in [0.1, 0.15) is 5.82 Å². The number of benzene rings is 1. The van der Waals surface area contributed by atoms with Crippen LogP contribution in [0.25, 0.3) is 11.4 Å². The van der Waals surface area contributed by atoms with Crippen LogP contribution in [0.3, 0.4) is 0 Å². The van der Waals surface area contributed by atoms with E-state index in [0.717, 1.165) is 11.1 Å². The van der Waals surface area contributed by atoms with Gasteiger partial charge in [-0.05, 0) is 30.7 Å². The summed E-state index contributed by atoms with van der Waals surface area (Å²) in [5.74, 6) is 0.751. The first-order valence-corrected chi connectivity index (χ1v) is 5.37. The fraction of sp³-hybridized carbons (Fsp3) is 0.167. The topological polar surface area (TPSA) is 25.8 Å². The molecule has 82 valence electrons. The minimum atomic E-state index is -0.221. The zero-order valence-electron chi connectivity index (χ0n) is 8.74. The number of hydrogen-bond donors (Lipinski definition) is 0. The van der Waals surface area contributed by atoms with Crippen molar-refractivity contribution in [2.24, 2.45) is 0 Å². The van der Waals surface area contributed by atoms with Crippen molar-refractivity contribution in [1.29, 1.82) is 0 Å². The summed E-state index contributed by atoms with van der Waals surface area (Å²) in [4.78, 5) is 8.35. The molecule has 0 amide bonds. The summed E-state index contributed by atoms with van der Waals surface area (Å²) in [6.45, 7) is 1.71. The van der Waals surface area contributed by atoms with E-state index in [1.54, 1.807) is 31.5 Å². The highest BCUT2D eigenvalue weighted by Crippen LogP contribution is 2.18. The number of aryl methyl sites for hydroxylation is 1. The summed E-state index contributed by atoms with van der Waals surface area (Å²) in [6, 6.07) is 4.81. The first-order valence-electron chi connectivity index (χ1n) is 4.84. The lowest BCUT2D eigenvalue weighted by atomic mass is 10.1. The number of rotatable bonds is 2. The predicted octanol–water partition coefficient (Wildman–Crippen LogP) is 3.33. The predicted molar refractivity (Wildman–Crippen MR) is 61.7 cm³/mol. The van der Waals surface area contributed by atoms with Crippen molar-refractivity contribution in [2.75, 3.05) is 0 Å². The Morgan fingerprint density at radius 2 is 1.94 bits per heavy atom. The van der Waals surface area contributed by atoms with Crippen LogP contribution in [-0.4, -0.2) is 9.97 Å². The Bertz CT molecular complexity index is 497. The molecule has 0 spiro atoms. The average molecular weight is 237 g/mol. The minimum Gasteiger partial charge on any atom is -0.236 e. The summed E-state index contributed by atoms with van der Waals surface area (Å²) in [5, 5.41) is 0. The molecule has 2 rings (SSSR count). The van der Waals surface area contributed by atoms with Crippen LogP contribution in [0.4, 0.5) is 4.39 Å². The van der Waals surface area contributed by atoms with E-state index in [1.165, 1.54) is 6.07 Å². The van der Waals surface area contributed by atoms with Gasteiger partial charge in [-0.3, -0.25) is 0 Å². The van der Waals surface area contributed by atoms with Crippen LogP contribution in [0.1, 0.15) is 11.1 Å². The van der Waals surface area contributed by atoms with Crippen LogP contribution in [-0.2, 0) is 5.88 Å². The maximum absolute atomic E-state index is 13.1. The molecule has 0 aliphatic heterocycles. The van der Waals surface area contributed by atoms with E-state index in [1.807, 2.05) is 0 Å². The molecule has 0 saturated carbocycles. The minimum absolute atomic E-state index is 0.221. The monoisotopic (exact) mass is 236 g/mol. The van der Waals surface area contributed by atoms with Crippen molar-refractivity contribution in [3.63, 3.8) is 0 Å². The number of hydrogen-bond acceptors (Lipinski definition) is 2. The highest BCUT2D eigenvalue weighted by molar-refractivity contribution is 6.17. The van der Waals surface area contributed by atoms with Gasteiger partial charge in [-0.2, -0.15) is 0 Å². The van der Waals surface area contributed by atoms with Gasteiger partial charge >= 0.3 is 0 Å². The number of nitrogens with zero attached hydrogens (tertiary/aromatic N) is 2. The molecular formula is C12H10ClFN2. The smallest absolute Gasteiger partial charge is 0.159 e. The van der Waals surface area contributed by atoms with Crippen LogP contribution in [0, 0.1) is 12.7 Å².